The molecule has 1 aromatic carbocycles. The number of nitrogens with zero attached hydrogens (tertiary/aromatic N) is 2. The van der Waals surface area contributed by atoms with Gasteiger partial charge in [0.25, 0.3) is 5.91 Å². The lowest BCUT2D eigenvalue weighted by Gasteiger charge is -2.08. The number of carbonyl (C=O) groups excluding carboxylic acids is 2. The third kappa shape index (κ3) is 4.42. The van der Waals surface area contributed by atoms with Crippen LogP contribution in [0.5, 0.6) is 0 Å². The van der Waals surface area contributed by atoms with Crippen LogP contribution in [0.1, 0.15) is 29.6 Å². The smallest absolute Gasteiger partial charge is 0.251 e. The molecule has 23 heavy (non-hydrogen) atoms. The lowest BCUT2D eigenvalue weighted by atomic mass is 10.2. The standard InChI is InChI=1S/C17H20N4O2/c22-16(19-7-2-9-21-10-8-18-12-21)14-3-1-4-15(11-14)20-17(23)13-5-6-13/h1,3-4,8,10-13H,2,5-7,9H2,(H,19,22)(H,20,23). The van der Waals surface area contributed by atoms with E-state index in [2.05, 4.69) is 15.6 Å². The van der Waals surface area contributed by atoms with Crippen molar-refractivity contribution >= 4 is 17.5 Å². The second kappa shape index (κ2) is 7.09. The largest absolute Gasteiger partial charge is 0.352 e. The molecule has 3 rings (SSSR count). The van der Waals surface area contributed by atoms with Crippen LogP contribution < -0.4 is 10.6 Å². The molecule has 120 valence electrons. The Morgan fingerprint density at radius 3 is 2.91 bits per heavy atom. The molecular formula is C17H20N4O2. The number of imidazole rings is 1. The number of rotatable bonds is 7. The van der Waals surface area contributed by atoms with Gasteiger partial charge in [0.1, 0.15) is 0 Å². The second-order valence-electron chi connectivity index (χ2n) is 5.75. The highest BCUT2D eigenvalue weighted by molar-refractivity contribution is 5.98. The molecule has 0 saturated heterocycles. The lowest BCUT2D eigenvalue weighted by Crippen LogP contribution is -2.25. The predicted octanol–water partition coefficient (Wildman–Crippen LogP) is 2.05. The van der Waals surface area contributed by atoms with E-state index in [1.165, 1.54) is 0 Å². The first-order valence-electron chi connectivity index (χ1n) is 7.87. The Bertz CT molecular complexity index is 678. The summed E-state index contributed by atoms with van der Waals surface area (Å²) in [6.07, 6.45) is 8.15. The topological polar surface area (TPSA) is 76.0 Å². The first-order valence-corrected chi connectivity index (χ1v) is 7.87. The lowest BCUT2D eigenvalue weighted by molar-refractivity contribution is -0.117. The summed E-state index contributed by atoms with van der Waals surface area (Å²) in [6, 6.07) is 7.04. The maximum absolute atomic E-state index is 12.1. The van der Waals surface area contributed by atoms with Crippen molar-refractivity contribution in [2.24, 2.45) is 5.92 Å². The predicted molar refractivity (Wildman–Crippen MR) is 87.0 cm³/mol. The second-order valence-corrected chi connectivity index (χ2v) is 5.75. The van der Waals surface area contributed by atoms with Crippen molar-refractivity contribution in [2.75, 3.05) is 11.9 Å². The van der Waals surface area contributed by atoms with E-state index in [1.807, 2.05) is 10.8 Å². The van der Waals surface area contributed by atoms with Gasteiger partial charge in [0.2, 0.25) is 5.91 Å². The summed E-state index contributed by atoms with van der Waals surface area (Å²) in [5.74, 6) is 0.0664. The van der Waals surface area contributed by atoms with Crippen molar-refractivity contribution < 1.29 is 9.59 Å². The van der Waals surface area contributed by atoms with Gasteiger partial charge in [-0.3, -0.25) is 9.59 Å². The number of nitrogens with one attached hydrogen (secondary N) is 2. The monoisotopic (exact) mass is 312 g/mol. The third-order valence-electron chi connectivity index (χ3n) is 3.78. The zero-order valence-electron chi connectivity index (χ0n) is 12.9. The molecule has 6 nitrogen and oxygen atoms in total. The van der Waals surface area contributed by atoms with E-state index in [1.54, 1.807) is 36.8 Å². The highest BCUT2D eigenvalue weighted by Crippen LogP contribution is 2.30. The summed E-state index contributed by atoms with van der Waals surface area (Å²) in [6.45, 7) is 1.41. The van der Waals surface area contributed by atoms with Crippen LogP contribution in [-0.4, -0.2) is 27.9 Å². The average Bonchev–Trinajstić information content (AvgIpc) is 3.29. The molecule has 0 spiro atoms. The molecule has 2 N–H and O–H groups in total. The third-order valence-corrected chi connectivity index (χ3v) is 3.78. The van der Waals surface area contributed by atoms with E-state index in [0.717, 1.165) is 25.8 Å². The fraction of sp³-hybridized carbons (Fsp3) is 0.353. The fourth-order valence-corrected chi connectivity index (χ4v) is 2.31. The molecule has 0 atom stereocenters. The van der Waals surface area contributed by atoms with Crippen LogP contribution >= 0.6 is 0 Å². The molecule has 6 heteroatoms. The molecule has 2 aromatic rings. The fourth-order valence-electron chi connectivity index (χ4n) is 2.31. The van der Waals surface area contributed by atoms with Crippen molar-refractivity contribution in [3.05, 3.63) is 48.5 Å². The first kappa shape index (κ1) is 15.3. The average molecular weight is 312 g/mol. The zero-order chi connectivity index (χ0) is 16.1. The Morgan fingerprint density at radius 2 is 2.17 bits per heavy atom. The highest BCUT2D eigenvalue weighted by atomic mass is 16.2. The van der Waals surface area contributed by atoms with Crippen LogP contribution in [0.4, 0.5) is 5.69 Å². The number of anilines is 1. The van der Waals surface area contributed by atoms with Gasteiger partial charge in [-0.25, -0.2) is 4.98 Å². The number of amides is 2. The molecule has 1 heterocycles. The number of benzene rings is 1. The van der Waals surface area contributed by atoms with Gasteiger partial charge in [0, 0.05) is 42.7 Å². The Kier molecular flexibility index (Phi) is 4.71. The summed E-state index contributed by atoms with van der Waals surface area (Å²) < 4.78 is 1.97. The number of hydrogen-bond donors (Lipinski definition) is 2. The van der Waals surface area contributed by atoms with Crippen LogP contribution in [0, 0.1) is 5.92 Å². The van der Waals surface area contributed by atoms with Crippen molar-refractivity contribution in [3.8, 4) is 0 Å². The molecule has 1 saturated carbocycles. The molecule has 0 bridgehead atoms. The Labute approximate surface area is 134 Å². The molecule has 1 aromatic heterocycles. The van der Waals surface area contributed by atoms with E-state index < -0.39 is 0 Å². The van der Waals surface area contributed by atoms with Crippen molar-refractivity contribution in [1.29, 1.82) is 0 Å². The molecule has 1 aliphatic carbocycles. The van der Waals surface area contributed by atoms with Gasteiger partial charge >= 0.3 is 0 Å². The molecule has 0 radical (unpaired) electrons. The molecule has 1 aliphatic rings. The number of hydrogen-bond acceptors (Lipinski definition) is 3. The van der Waals surface area contributed by atoms with Gasteiger partial charge < -0.3 is 15.2 Å². The minimum atomic E-state index is -0.127. The molecule has 1 fully saturated rings. The number of aryl methyl sites for hydroxylation is 1. The summed E-state index contributed by atoms with van der Waals surface area (Å²) in [4.78, 5) is 27.9. The van der Waals surface area contributed by atoms with E-state index in [9.17, 15) is 9.59 Å². The van der Waals surface area contributed by atoms with Gasteiger partial charge in [-0.2, -0.15) is 0 Å². The van der Waals surface area contributed by atoms with Gasteiger partial charge in [-0.05, 0) is 37.5 Å². The molecule has 0 aliphatic heterocycles. The van der Waals surface area contributed by atoms with E-state index in [4.69, 9.17) is 0 Å². The highest BCUT2D eigenvalue weighted by Gasteiger charge is 2.29. The van der Waals surface area contributed by atoms with Crippen LogP contribution in [0.25, 0.3) is 0 Å². The van der Waals surface area contributed by atoms with Crippen LogP contribution in [0.2, 0.25) is 0 Å². The molecule has 2 amide bonds. The Balaban J connectivity index is 1.47. The Hall–Kier alpha value is -2.63. The Morgan fingerprint density at radius 1 is 1.30 bits per heavy atom. The minimum Gasteiger partial charge on any atom is -0.352 e. The number of aromatic nitrogens is 2. The first-order chi connectivity index (χ1) is 11.2. The van der Waals surface area contributed by atoms with Crippen LogP contribution in [0.3, 0.4) is 0 Å². The van der Waals surface area contributed by atoms with Crippen LogP contribution in [0.15, 0.2) is 43.0 Å². The summed E-state index contributed by atoms with van der Waals surface area (Å²) in [5, 5.41) is 5.75. The van der Waals surface area contributed by atoms with Gasteiger partial charge in [-0.15, -0.1) is 0 Å². The summed E-state index contributed by atoms with van der Waals surface area (Å²) >= 11 is 0. The SMILES string of the molecule is O=C(NCCCn1ccnc1)c1cccc(NC(=O)C2CC2)c1. The van der Waals surface area contributed by atoms with E-state index in [0.29, 0.717) is 17.8 Å². The zero-order valence-corrected chi connectivity index (χ0v) is 12.9. The minimum absolute atomic E-state index is 0.0443. The van der Waals surface area contributed by atoms with Crippen LogP contribution in [-0.2, 0) is 11.3 Å². The summed E-state index contributed by atoms with van der Waals surface area (Å²) in [7, 11) is 0. The van der Waals surface area contributed by atoms with Crippen molar-refractivity contribution in [2.45, 2.75) is 25.8 Å². The maximum Gasteiger partial charge on any atom is 0.251 e. The normalized spacial score (nSPS) is 13.6. The van der Waals surface area contributed by atoms with E-state index >= 15 is 0 Å². The quantitative estimate of drug-likeness (QED) is 0.768. The van der Waals surface area contributed by atoms with Crippen molar-refractivity contribution in [1.82, 2.24) is 14.9 Å². The number of carbonyl (C=O) groups is 2. The molecule has 0 unspecified atom stereocenters. The van der Waals surface area contributed by atoms with E-state index in [-0.39, 0.29) is 17.7 Å². The molecular weight excluding hydrogens is 292 g/mol. The van der Waals surface area contributed by atoms with Gasteiger partial charge in [0.05, 0.1) is 6.33 Å². The summed E-state index contributed by atoms with van der Waals surface area (Å²) in [5.41, 5.74) is 1.23. The van der Waals surface area contributed by atoms with Gasteiger partial charge in [-0.1, -0.05) is 6.07 Å². The van der Waals surface area contributed by atoms with Crippen molar-refractivity contribution in [3.63, 3.8) is 0 Å². The maximum atomic E-state index is 12.1. The van der Waals surface area contributed by atoms with Gasteiger partial charge in [0.15, 0.2) is 0 Å².